The standard InChI is InChI=1S/C28H32FN3O3/c1-16(2)11-19-7-9-20(13-23(19)29)31-24-10-8-18-12-25-22(14-21(18)24)26(33)32(17(3)30-25)15-35-27(34)28(4,5)6/h7,9,11-14,24,31H,8,10,15H2,1-6H3/t24-/m0/s1. The fraction of sp³-hybridized carbons (Fsp3) is 0.393. The quantitative estimate of drug-likeness (QED) is 0.462. The first-order valence-electron chi connectivity index (χ1n) is 11.9. The number of anilines is 1. The molecule has 1 atom stereocenters. The number of halogens is 1. The van der Waals surface area contributed by atoms with Crippen molar-refractivity contribution in [2.24, 2.45) is 5.41 Å². The minimum atomic E-state index is -0.662. The minimum absolute atomic E-state index is 0.0454. The van der Waals surface area contributed by atoms with Crippen LogP contribution in [0.2, 0.25) is 0 Å². The number of allylic oxidation sites excluding steroid dienone is 1. The van der Waals surface area contributed by atoms with Gasteiger partial charge in [-0.3, -0.25) is 14.2 Å². The highest BCUT2D eigenvalue weighted by Gasteiger charge is 2.26. The summed E-state index contributed by atoms with van der Waals surface area (Å²) >= 11 is 0. The largest absolute Gasteiger partial charge is 0.443 e. The molecule has 1 aliphatic rings. The molecule has 1 N–H and O–H groups in total. The van der Waals surface area contributed by atoms with Crippen LogP contribution in [0.4, 0.5) is 10.1 Å². The first kappa shape index (κ1) is 24.6. The molecule has 0 saturated carbocycles. The van der Waals surface area contributed by atoms with E-state index in [4.69, 9.17) is 4.74 Å². The summed E-state index contributed by atoms with van der Waals surface area (Å²) in [7, 11) is 0. The highest BCUT2D eigenvalue weighted by Crippen LogP contribution is 2.36. The number of ether oxygens (including phenoxy) is 1. The van der Waals surface area contributed by atoms with Crippen LogP contribution in [0.1, 0.15) is 69.6 Å². The molecule has 0 radical (unpaired) electrons. The van der Waals surface area contributed by atoms with E-state index >= 15 is 0 Å². The van der Waals surface area contributed by atoms with Crippen molar-refractivity contribution in [3.05, 3.63) is 74.6 Å². The van der Waals surface area contributed by atoms with Crippen LogP contribution in [-0.4, -0.2) is 15.5 Å². The summed E-state index contributed by atoms with van der Waals surface area (Å²) in [5.41, 5.74) is 4.13. The fourth-order valence-electron chi connectivity index (χ4n) is 4.32. The van der Waals surface area contributed by atoms with Gasteiger partial charge in [0.2, 0.25) is 0 Å². The van der Waals surface area contributed by atoms with E-state index in [0.29, 0.717) is 28.0 Å². The number of aromatic nitrogens is 2. The number of benzene rings is 2. The molecule has 0 amide bonds. The van der Waals surface area contributed by atoms with Crippen molar-refractivity contribution >= 4 is 28.6 Å². The topological polar surface area (TPSA) is 73.2 Å². The lowest BCUT2D eigenvalue weighted by Crippen LogP contribution is -2.30. The van der Waals surface area contributed by atoms with E-state index in [1.165, 1.54) is 10.6 Å². The van der Waals surface area contributed by atoms with E-state index in [2.05, 4.69) is 10.3 Å². The minimum Gasteiger partial charge on any atom is -0.443 e. The van der Waals surface area contributed by atoms with Crippen molar-refractivity contribution in [3.63, 3.8) is 0 Å². The zero-order chi connectivity index (χ0) is 25.5. The van der Waals surface area contributed by atoms with Crippen LogP contribution >= 0.6 is 0 Å². The lowest BCUT2D eigenvalue weighted by atomic mass is 9.98. The Kier molecular flexibility index (Phi) is 6.54. The third-order valence-corrected chi connectivity index (χ3v) is 6.21. The molecule has 0 aliphatic heterocycles. The lowest BCUT2D eigenvalue weighted by Gasteiger charge is -2.19. The monoisotopic (exact) mass is 477 g/mol. The molecule has 6 nitrogen and oxygen atoms in total. The summed E-state index contributed by atoms with van der Waals surface area (Å²) in [6.07, 6.45) is 3.49. The molecule has 184 valence electrons. The molecule has 1 heterocycles. The number of rotatable bonds is 5. The first-order chi connectivity index (χ1) is 16.4. The zero-order valence-corrected chi connectivity index (χ0v) is 21.2. The van der Waals surface area contributed by atoms with Crippen LogP contribution in [0.15, 0.2) is 40.7 Å². The number of nitrogens with zero attached hydrogens (tertiary/aromatic N) is 2. The van der Waals surface area contributed by atoms with Crippen LogP contribution in [0, 0.1) is 18.2 Å². The maximum atomic E-state index is 14.6. The van der Waals surface area contributed by atoms with Gasteiger partial charge in [0.1, 0.15) is 11.6 Å². The van der Waals surface area contributed by atoms with Crippen molar-refractivity contribution in [1.29, 1.82) is 0 Å². The molecule has 2 aromatic carbocycles. The Balaban J connectivity index is 1.64. The number of hydrogen-bond acceptors (Lipinski definition) is 5. The van der Waals surface area contributed by atoms with Gasteiger partial charge in [0.15, 0.2) is 6.73 Å². The van der Waals surface area contributed by atoms with Crippen LogP contribution in [-0.2, 0) is 22.7 Å². The Morgan fingerprint density at radius 2 is 2.00 bits per heavy atom. The number of fused-ring (bicyclic) bond motifs is 2. The van der Waals surface area contributed by atoms with E-state index in [1.807, 2.05) is 38.1 Å². The zero-order valence-electron chi connectivity index (χ0n) is 21.2. The van der Waals surface area contributed by atoms with Gasteiger partial charge in [-0.25, -0.2) is 9.37 Å². The maximum absolute atomic E-state index is 14.6. The second-order valence-electron chi connectivity index (χ2n) is 10.5. The molecule has 35 heavy (non-hydrogen) atoms. The van der Waals surface area contributed by atoms with Gasteiger partial charge in [-0.15, -0.1) is 0 Å². The van der Waals surface area contributed by atoms with Gasteiger partial charge in [0, 0.05) is 11.3 Å². The van der Waals surface area contributed by atoms with Gasteiger partial charge in [-0.1, -0.05) is 11.6 Å². The SMILES string of the molecule is CC(C)=Cc1ccc(N[C@H]2CCc3cc4nc(C)n(COC(=O)C(C)(C)C)c(=O)c4cc32)cc1F. The molecule has 7 heteroatoms. The highest BCUT2D eigenvalue weighted by molar-refractivity contribution is 5.80. The summed E-state index contributed by atoms with van der Waals surface area (Å²) < 4.78 is 21.3. The summed E-state index contributed by atoms with van der Waals surface area (Å²) in [4.78, 5) is 30.1. The van der Waals surface area contributed by atoms with Gasteiger partial charge < -0.3 is 10.1 Å². The smallest absolute Gasteiger partial charge is 0.312 e. The number of hydrogen-bond donors (Lipinski definition) is 1. The lowest BCUT2D eigenvalue weighted by molar-refractivity contribution is -0.157. The van der Waals surface area contributed by atoms with E-state index < -0.39 is 5.41 Å². The number of esters is 1. The average Bonchev–Trinajstić information content (AvgIpc) is 3.14. The first-order valence-corrected chi connectivity index (χ1v) is 11.9. The number of nitrogens with one attached hydrogen (secondary N) is 1. The van der Waals surface area contributed by atoms with Gasteiger partial charge >= 0.3 is 5.97 Å². The van der Waals surface area contributed by atoms with E-state index in [-0.39, 0.29) is 30.1 Å². The summed E-state index contributed by atoms with van der Waals surface area (Å²) in [6.45, 7) is 10.7. The van der Waals surface area contributed by atoms with E-state index in [1.54, 1.807) is 33.8 Å². The average molecular weight is 478 g/mol. The molecule has 1 aliphatic carbocycles. The molecule has 0 spiro atoms. The molecule has 0 fully saturated rings. The molecule has 0 saturated heterocycles. The second kappa shape index (κ2) is 9.29. The molecular weight excluding hydrogens is 445 g/mol. The van der Waals surface area contributed by atoms with Crippen molar-refractivity contribution in [2.45, 2.75) is 67.2 Å². The number of aryl methyl sites for hydroxylation is 2. The van der Waals surface area contributed by atoms with Crippen molar-refractivity contribution in [1.82, 2.24) is 9.55 Å². The Hall–Kier alpha value is -3.48. The van der Waals surface area contributed by atoms with Gasteiger partial charge in [-0.2, -0.15) is 0 Å². The fourth-order valence-corrected chi connectivity index (χ4v) is 4.32. The van der Waals surface area contributed by atoms with Crippen LogP contribution in [0.5, 0.6) is 0 Å². The number of carbonyl (C=O) groups is 1. The normalized spacial score (nSPS) is 15.1. The van der Waals surface area contributed by atoms with Gasteiger partial charge in [0.05, 0.1) is 22.4 Å². The maximum Gasteiger partial charge on any atom is 0.312 e. The van der Waals surface area contributed by atoms with Crippen LogP contribution < -0.4 is 10.9 Å². The highest BCUT2D eigenvalue weighted by atomic mass is 19.1. The molecule has 4 rings (SSSR count). The third-order valence-electron chi connectivity index (χ3n) is 6.21. The molecular formula is C28H32FN3O3. The van der Waals surface area contributed by atoms with Crippen LogP contribution in [0.25, 0.3) is 17.0 Å². The summed E-state index contributed by atoms with van der Waals surface area (Å²) in [5, 5.41) is 3.90. The predicted octanol–water partition coefficient (Wildman–Crippen LogP) is 5.91. The Morgan fingerprint density at radius 3 is 2.66 bits per heavy atom. The number of carbonyl (C=O) groups excluding carboxylic acids is 1. The molecule has 0 bridgehead atoms. The molecule has 1 aromatic heterocycles. The van der Waals surface area contributed by atoms with Crippen molar-refractivity contribution in [2.75, 3.05) is 5.32 Å². The molecule has 3 aromatic rings. The Morgan fingerprint density at radius 1 is 1.26 bits per heavy atom. The summed E-state index contributed by atoms with van der Waals surface area (Å²) in [5.74, 6) is -0.172. The van der Waals surface area contributed by atoms with Crippen molar-refractivity contribution < 1.29 is 13.9 Å². The molecule has 0 unspecified atom stereocenters. The third kappa shape index (κ3) is 5.14. The van der Waals surface area contributed by atoms with E-state index in [9.17, 15) is 14.0 Å². The van der Waals surface area contributed by atoms with Crippen LogP contribution in [0.3, 0.4) is 0 Å². The Bertz CT molecular complexity index is 1400. The predicted molar refractivity (Wildman–Crippen MR) is 137 cm³/mol. The second-order valence-corrected chi connectivity index (χ2v) is 10.5. The summed E-state index contributed by atoms with van der Waals surface area (Å²) in [6, 6.07) is 8.94. The Labute approximate surface area is 204 Å². The van der Waals surface area contributed by atoms with Gasteiger partial charge in [-0.05, 0) is 95.8 Å². The van der Waals surface area contributed by atoms with Crippen molar-refractivity contribution in [3.8, 4) is 0 Å². The van der Waals surface area contributed by atoms with E-state index in [0.717, 1.165) is 29.5 Å². The van der Waals surface area contributed by atoms with Gasteiger partial charge in [0.25, 0.3) is 5.56 Å².